The lowest BCUT2D eigenvalue weighted by Gasteiger charge is -2.10. The molecular formula is C17H17N3O. The summed E-state index contributed by atoms with van der Waals surface area (Å²) in [6, 6.07) is 5.35. The van der Waals surface area contributed by atoms with Gasteiger partial charge in [0.05, 0.1) is 5.69 Å². The molecule has 4 nitrogen and oxygen atoms in total. The molecule has 3 rings (SSSR count). The van der Waals surface area contributed by atoms with Crippen molar-refractivity contribution >= 4 is 5.69 Å². The van der Waals surface area contributed by atoms with Crippen LogP contribution in [0.3, 0.4) is 0 Å². The number of pyridine rings is 2. The van der Waals surface area contributed by atoms with Gasteiger partial charge in [-0.05, 0) is 36.1 Å². The number of rotatable bonds is 4. The minimum Gasteiger partial charge on any atom is -0.380 e. The monoisotopic (exact) mass is 279 g/mol. The van der Waals surface area contributed by atoms with Crippen LogP contribution in [0.25, 0.3) is 11.1 Å². The zero-order valence-corrected chi connectivity index (χ0v) is 11.7. The van der Waals surface area contributed by atoms with E-state index < -0.39 is 0 Å². The molecule has 106 valence electrons. The van der Waals surface area contributed by atoms with Crippen LogP contribution < -0.4 is 10.9 Å². The number of nitrogens with zero attached hydrogens (tertiary/aromatic N) is 1. The summed E-state index contributed by atoms with van der Waals surface area (Å²) in [7, 11) is 0. The van der Waals surface area contributed by atoms with E-state index in [1.807, 2.05) is 12.3 Å². The van der Waals surface area contributed by atoms with Gasteiger partial charge >= 0.3 is 0 Å². The molecule has 0 unspecified atom stereocenters. The first-order chi connectivity index (χ1) is 10.3. The summed E-state index contributed by atoms with van der Waals surface area (Å²) in [5.41, 5.74) is 4.10. The Morgan fingerprint density at radius 3 is 2.90 bits per heavy atom. The molecule has 0 bridgehead atoms. The Bertz CT molecular complexity index is 723. The summed E-state index contributed by atoms with van der Waals surface area (Å²) in [5, 5.41) is 3.38. The first-order valence-corrected chi connectivity index (χ1v) is 7.05. The number of allylic oxidation sites excluding steroid dienone is 2. The lowest BCUT2D eigenvalue weighted by molar-refractivity contribution is 1.00. The van der Waals surface area contributed by atoms with Gasteiger partial charge in [0.1, 0.15) is 0 Å². The van der Waals surface area contributed by atoms with Crippen molar-refractivity contribution in [3.8, 4) is 11.1 Å². The molecule has 0 spiro atoms. The number of anilines is 1. The Hall–Kier alpha value is -2.62. The van der Waals surface area contributed by atoms with Crippen LogP contribution in [0.15, 0.2) is 65.4 Å². The quantitative estimate of drug-likeness (QED) is 0.904. The average Bonchev–Trinajstić information content (AvgIpc) is 2.55. The van der Waals surface area contributed by atoms with Gasteiger partial charge in [0.15, 0.2) is 0 Å². The van der Waals surface area contributed by atoms with Crippen molar-refractivity contribution in [3.05, 3.63) is 70.9 Å². The first-order valence-electron chi connectivity index (χ1n) is 7.05. The highest BCUT2D eigenvalue weighted by Crippen LogP contribution is 2.20. The predicted molar refractivity (Wildman–Crippen MR) is 85.2 cm³/mol. The minimum absolute atomic E-state index is 0.1000. The van der Waals surface area contributed by atoms with Crippen LogP contribution in [0.4, 0.5) is 5.69 Å². The Morgan fingerprint density at radius 2 is 2.14 bits per heavy atom. The van der Waals surface area contributed by atoms with Gasteiger partial charge in [-0.15, -0.1) is 0 Å². The van der Waals surface area contributed by atoms with Gasteiger partial charge in [0.2, 0.25) is 5.56 Å². The van der Waals surface area contributed by atoms with Crippen LogP contribution in [0.5, 0.6) is 0 Å². The Kier molecular flexibility index (Phi) is 3.96. The second-order valence-corrected chi connectivity index (χ2v) is 5.02. The normalized spacial score (nSPS) is 13.8. The lowest BCUT2D eigenvalue weighted by Crippen LogP contribution is -2.05. The molecule has 0 aromatic carbocycles. The minimum atomic E-state index is -0.1000. The van der Waals surface area contributed by atoms with Crippen LogP contribution in [-0.4, -0.2) is 16.5 Å². The SMILES string of the molecule is O=c1ccc(-c2cncc(NCC3=CCCC=C3)c2)c[nH]1. The summed E-state index contributed by atoms with van der Waals surface area (Å²) in [6.07, 6.45) is 14.2. The summed E-state index contributed by atoms with van der Waals surface area (Å²) in [5.74, 6) is 0. The van der Waals surface area contributed by atoms with Crippen molar-refractivity contribution in [2.75, 3.05) is 11.9 Å². The number of hydrogen-bond acceptors (Lipinski definition) is 3. The second-order valence-electron chi connectivity index (χ2n) is 5.02. The second kappa shape index (κ2) is 6.22. The van der Waals surface area contributed by atoms with Crippen LogP contribution in [0.2, 0.25) is 0 Å². The third kappa shape index (κ3) is 3.48. The Labute approximate surface area is 123 Å². The van der Waals surface area contributed by atoms with Gasteiger partial charge in [-0.1, -0.05) is 18.2 Å². The fraction of sp³-hybridized carbons (Fsp3) is 0.176. The number of hydrogen-bond donors (Lipinski definition) is 2. The van der Waals surface area contributed by atoms with E-state index in [2.05, 4.69) is 33.5 Å². The zero-order chi connectivity index (χ0) is 14.5. The molecular weight excluding hydrogens is 262 g/mol. The van der Waals surface area contributed by atoms with Crippen LogP contribution >= 0.6 is 0 Å². The van der Waals surface area contributed by atoms with Crippen LogP contribution in [0.1, 0.15) is 12.8 Å². The molecule has 1 aliphatic rings. The van der Waals surface area contributed by atoms with E-state index in [0.717, 1.165) is 36.2 Å². The zero-order valence-electron chi connectivity index (χ0n) is 11.7. The Morgan fingerprint density at radius 1 is 1.19 bits per heavy atom. The molecule has 0 amide bonds. The third-order valence-electron chi connectivity index (χ3n) is 3.42. The molecule has 4 heteroatoms. The molecule has 0 radical (unpaired) electrons. The highest BCUT2D eigenvalue weighted by atomic mass is 16.1. The topological polar surface area (TPSA) is 57.8 Å². The average molecular weight is 279 g/mol. The van der Waals surface area contributed by atoms with Gasteiger partial charge in [-0.2, -0.15) is 0 Å². The van der Waals surface area contributed by atoms with E-state index in [4.69, 9.17) is 0 Å². The summed E-state index contributed by atoms with van der Waals surface area (Å²) in [6.45, 7) is 0.799. The van der Waals surface area contributed by atoms with Crippen LogP contribution in [0, 0.1) is 0 Å². The highest BCUT2D eigenvalue weighted by Gasteiger charge is 2.02. The number of H-pyrrole nitrogens is 1. The molecule has 2 aromatic rings. The van der Waals surface area contributed by atoms with E-state index >= 15 is 0 Å². The smallest absolute Gasteiger partial charge is 0.247 e. The first kappa shape index (κ1) is 13.4. The summed E-state index contributed by atoms with van der Waals surface area (Å²) >= 11 is 0. The molecule has 0 aliphatic heterocycles. The maximum Gasteiger partial charge on any atom is 0.247 e. The fourth-order valence-corrected chi connectivity index (χ4v) is 2.29. The molecule has 2 heterocycles. The van der Waals surface area contributed by atoms with Gasteiger partial charge in [-0.25, -0.2) is 0 Å². The van der Waals surface area contributed by atoms with Gasteiger partial charge in [0.25, 0.3) is 0 Å². The largest absolute Gasteiger partial charge is 0.380 e. The molecule has 0 atom stereocenters. The maximum absolute atomic E-state index is 11.1. The number of aromatic nitrogens is 2. The van der Waals surface area contributed by atoms with E-state index in [1.165, 1.54) is 11.6 Å². The maximum atomic E-state index is 11.1. The molecule has 0 saturated heterocycles. The molecule has 1 aliphatic carbocycles. The molecule has 0 fully saturated rings. The molecule has 0 saturated carbocycles. The van der Waals surface area contributed by atoms with Crippen molar-refractivity contribution in [2.24, 2.45) is 0 Å². The number of aromatic amines is 1. The standard InChI is InChI=1S/C17H17N3O/c21-17-7-6-14(11-20-17)15-8-16(12-18-10-15)19-9-13-4-2-1-3-5-13/h2,4-8,10-12,19H,1,3,9H2,(H,20,21). The summed E-state index contributed by atoms with van der Waals surface area (Å²) < 4.78 is 0. The van der Waals surface area contributed by atoms with Crippen molar-refractivity contribution < 1.29 is 0 Å². The van der Waals surface area contributed by atoms with E-state index in [1.54, 1.807) is 18.5 Å². The van der Waals surface area contributed by atoms with Gasteiger partial charge in [-0.3, -0.25) is 9.78 Å². The lowest BCUT2D eigenvalue weighted by atomic mass is 10.1. The van der Waals surface area contributed by atoms with Gasteiger partial charge < -0.3 is 10.3 Å². The van der Waals surface area contributed by atoms with Gasteiger partial charge in [0, 0.05) is 36.8 Å². The molecule has 21 heavy (non-hydrogen) atoms. The van der Waals surface area contributed by atoms with E-state index in [0.29, 0.717) is 0 Å². The van der Waals surface area contributed by atoms with Crippen molar-refractivity contribution in [1.29, 1.82) is 0 Å². The molecule has 2 aromatic heterocycles. The van der Waals surface area contributed by atoms with E-state index in [-0.39, 0.29) is 5.56 Å². The number of nitrogens with one attached hydrogen (secondary N) is 2. The van der Waals surface area contributed by atoms with Crippen molar-refractivity contribution in [1.82, 2.24) is 9.97 Å². The van der Waals surface area contributed by atoms with E-state index in [9.17, 15) is 4.79 Å². The highest BCUT2D eigenvalue weighted by molar-refractivity contribution is 5.65. The summed E-state index contributed by atoms with van der Waals surface area (Å²) in [4.78, 5) is 18.0. The third-order valence-corrected chi connectivity index (χ3v) is 3.42. The molecule has 2 N–H and O–H groups in total. The Balaban J connectivity index is 1.74. The van der Waals surface area contributed by atoms with Crippen molar-refractivity contribution in [3.63, 3.8) is 0 Å². The predicted octanol–water partition coefficient (Wildman–Crippen LogP) is 3.13. The fourth-order valence-electron chi connectivity index (χ4n) is 2.29. The van der Waals surface area contributed by atoms with Crippen molar-refractivity contribution in [2.45, 2.75) is 12.8 Å². The van der Waals surface area contributed by atoms with Crippen LogP contribution in [-0.2, 0) is 0 Å².